The standard InChI is InChI=1S/C21H25ClN2O5S/c22-17-3-1-4-18(13-17)30(25,26)23-14-16-7-8-24(15-16)9-10-27-19-5-2-6-20-21(19)29-12-11-28-20/h1-6,13,16,23H,7-12,14-15H2. The van der Waals surface area contributed by atoms with E-state index in [0.29, 0.717) is 48.6 Å². The quantitative estimate of drug-likeness (QED) is 0.663. The van der Waals surface area contributed by atoms with Gasteiger partial charge in [-0.1, -0.05) is 23.7 Å². The Labute approximate surface area is 181 Å². The molecule has 1 N–H and O–H groups in total. The fourth-order valence-electron chi connectivity index (χ4n) is 3.67. The third-order valence-corrected chi connectivity index (χ3v) is 6.89. The number of fused-ring (bicyclic) bond motifs is 1. The van der Waals surface area contributed by atoms with Crippen LogP contribution in [0.5, 0.6) is 17.2 Å². The molecular weight excluding hydrogens is 428 g/mol. The van der Waals surface area contributed by atoms with Crippen LogP contribution in [-0.4, -0.2) is 59.3 Å². The van der Waals surface area contributed by atoms with Gasteiger partial charge in [0.1, 0.15) is 19.8 Å². The normalized spacial score (nSPS) is 19.0. The van der Waals surface area contributed by atoms with Crippen molar-refractivity contribution in [3.05, 3.63) is 47.5 Å². The molecule has 1 fully saturated rings. The van der Waals surface area contributed by atoms with Crippen LogP contribution in [0.3, 0.4) is 0 Å². The van der Waals surface area contributed by atoms with Crippen LogP contribution < -0.4 is 18.9 Å². The van der Waals surface area contributed by atoms with E-state index in [-0.39, 0.29) is 10.8 Å². The first-order valence-corrected chi connectivity index (χ1v) is 11.9. The maximum atomic E-state index is 12.4. The van der Waals surface area contributed by atoms with E-state index in [0.717, 1.165) is 26.1 Å². The minimum Gasteiger partial charge on any atom is -0.488 e. The van der Waals surface area contributed by atoms with Gasteiger partial charge in [0.05, 0.1) is 4.90 Å². The van der Waals surface area contributed by atoms with E-state index in [2.05, 4.69) is 9.62 Å². The van der Waals surface area contributed by atoms with Crippen molar-refractivity contribution < 1.29 is 22.6 Å². The molecule has 0 amide bonds. The predicted molar refractivity (Wildman–Crippen MR) is 114 cm³/mol. The van der Waals surface area contributed by atoms with E-state index in [1.54, 1.807) is 18.2 Å². The van der Waals surface area contributed by atoms with Gasteiger partial charge in [0, 0.05) is 24.7 Å². The van der Waals surface area contributed by atoms with Gasteiger partial charge < -0.3 is 14.2 Å². The Morgan fingerprint density at radius 2 is 2.00 bits per heavy atom. The maximum Gasteiger partial charge on any atom is 0.240 e. The molecule has 0 bridgehead atoms. The van der Waals surface area contributed by atoms with Gasteiger partial charge in [0.15, 0.2) is 11.5 Å². The molecule has 2 aliphatic rings. The third kappa shape index (κ3) is 5.18. The number of benzene rings is 2. The summed E-state index contributed by atoms with van der Waals surface area (Å²) in [4.78, 5) is 2.47. The molecule has 2 heterocycles. The zero-order valence-electron chi connectivity index (χ0n) is 16.6. The van der Waals surface area contributed by atoms with Crippen molar-refractivity contribution in [1.82, 2.24) is 9.62 Å². The molecule has 2 aromatic carbocycles. The highest BCUT2D eigenvalue weighted by atomic mass is 35.5. The summed E-state index contributed by atoms with van der Waals surface area (Å²) >= 11 is 5.90. The topological polar surface area (TPSA) is 77.1 Å². The number of ether oxygens (including phenoxy) is 3. The lowest BCUT2D eigenvalue weighted by atomic mass is 10.1. The summed E-state index contributed by atoms with van der Waals surface area (Å²) < 4.78 is 44.7. The molecule has 1 atom stereocenters. The number of sulfonamides is 1. The van der Waals surface area contributed by atoms with Gasteiger partial charge in [-0.25, -0.2) is 13.1 Å². The smallest absolute Gasteiger partial charge is 0.240 e. The molecule has 4 rings (SSSR count). The van der Waals surface area contributed by atoms with Gasteiger partial charge in [0.25, 0.3) is 0 Å². The van der Waals surface area contributed by atoms with E-state index in [1.165, 1.54) is 6.07 Å². The Hall–Kier alpha value is -2.00. The minimum atomic E-state index is -3.55. The van der Waals surface area contributed by atoms with Gasteiger partial charge in [0.2, 0.25) is 15.8 Å². The average Bonchev–Trinajstić information content (AvgIpc) is 3.20. The van der Waals surface area contributed by atoms with E-state index in [9.17, 15) is 8.42 Å². The first-order chi connectivity index (χ1) is 14.5. The largest absolute Gasteiger partial charge is 0.488 e. The SMILES string of the molecule is O=S(=O)(NCC1CCN(CCOc2cccc3c2OCCO3)C1)c1cccc(Cl)c1. The lowest BCUT2D eigenvalue weighted by Crippen LogP contribution is -2.32. The zero-order valence-corrected chi connectivity index (χ0v) is 18.1. The first-order valence-electron chi connectivity index (χ1n) is 10.0. The number of hydrogen-bond acceptors (Lipinski definition) is 6. The minimum absolute atomic E-state index is 0.190. The van der Waals surface area contributed by atoms with Crippen LogP contribution in [0.15, 0.2) is 47.4 Å². The second-order valence-electron chi connectivity index (χ2n) is 7.39. The van der Waals surface area contributed by atoms with Crippen LogP contribution in [0.2, 0.25) is 5.02 Å². The van der Waals surface area contributed by atoms with Crippen molar-refractivity contribution in [3.8, 4) is 17.2 Å². The summed E-state index contributed by atoms with van der Waals surface area (Å²) in [6.45, 7) is 4.51. The number of halogens is 1. The molecular formula is C21H25ClN2O5S. The van der Waals surface area contributed by atoms with Crippen LogP contribution in [0.1, 0.15) is 6.42 Å². The van der Waals surface area contributed by atoms with Crippen molar-refractivity contribution in [1.29, 1.82) is 0 Å². The van der Waals surface area contributed by atoms with Crippen molar-refractivity contribution in [2.24, 2.45) is 5.92 Å². The Morgan fingerprint density at radius 3 is 2.87 bits per heavy atom. The molecule has 0 radical (unpaired) electrons. The maximum absolute atomic E-state index is 12.4. The molecule has 0 aromatic heterocycles. The van der Waals surface area contributed by atoms with Crippen molar-refractivity contribution in [2.45, 2.75) is 11.3 Å². The molecule has 30 heavy (non-hydrogen) atoms. The molecule has 0 saturated carbocycles. The Kier molecular flexibility index (Phi) is 6.67. The molecule has 2 aliphatic heterocycles. The highest BCUT2D eigenvalue weighted by molar-refractivity contribution is 7.89. The summed E-state index contributed by atoms with van der Waals surface area (Å²) in [7, 11) is -3.55. The molecule has 1 unspecified atom stereocenters. The van der Waals surface area contributed by atoms with Crippen LogP contribution in [0.25, 0.3) is 0 Å². The number of para-hydroxylation sites is 1. The van der Waals surface area contributed by atoms with Gasteiger partial charge in [-0.3, -0.25) is 4.90 Å². The second-order valence-corrected chi connectivity index (χ2v) is 9.60. The lowest BCUT2D eigenvalue weighted by Gasteiger charge is -2.22. The zero-order chi connectivity index (χ0) is 21.0. The van der Waals surface area contributed by atoms with E-state index < -0.39 is 10.0 Å². The summed E-state index contributed by atoms with van der Waals surface area (Å²) in [6.07, 6.45) is 0.940. The summed E-state index contributed by atoms with van der Waals surface area (Å²) in [5.74, 6) is 2.34. The summed E-state index contributed by atoms with van der Waals surface area (Å²) in [6, 6.07) is 11.9. The van der Waals surface area contributed by atoms with Gasteiger partial charge >= 0.3 is 0 Å². The average molecular weight is 453 g/mol. The molecule has 0 aliphatic carbocycles. The number of hydrogen-bond donors (Lipinski definition) is 1. The fraction of sp³-hybridized carbons (Fsp3) is 0.429. The van der Waals surface area contributed by atoms with E-state index in [4.69, 9.17) is 25.8 Å². The molecule has 2 aromatic rings. The van der Waals surface area contributed by atoms with E-state index in [1.807, 2.05) is 18.2 Å². The molecule has 7 nitrogen and oxygen atoms in total. The number of nitrogens with one attached hydrogen (secondary N) is 1. The van der Waals surface area contributed by atoms with Crippen molar-refractivity contribution in [2.75, 3.05) is 46.0 Å². The van der Waals surface area contributed by atoms with Crippen molar-refractivity contribution >= 4 is 21.6 Å². The Morgan fingerprint density at radius 1 is 1.17 bits per heavy atom. The summed E-state index contributed by atoms with van der Waals surface area (Å²) in [5.41, 5.74) is 0. The van der Waals surface area contributed by atoms with Crippen LogP contribution >= 0.6 is 11.6 Å². The number of nitrogens with zero attached hydrogens (tertiary/aromatic N) is 1. The number of likely N-dealkylation sites (tertiary alicyclic amines) is 1. The highest BCUT2D eigenvalue weighted by Gasteiger charge is 2.25. The first kappa shape index (κ1) is 21.2. The van der Waals surface area contributed by atoms with Gasteiger partial charge in [-0.05, 0) is 49.2 Å². The van der Waals surface area contributed by atoms with E-state index >= 15 is 0 Å². The van der Waals surface area contributed by atoms with Crippen molar-refractivity contribution in [3.63, 3.8) is 0 Å². The monoisotopic (exact) mass is 452 g/mol. The number of rotatable bonds is 8. The van der Waals surface area contributed by atoms with Crippen LogP contribution in [-0.2, 0) is 10.0 Å². The third-order valence-electron chi connectivity index (χ3n) is 5.23. The molecule has 1 saturated heterocycles. The molecule has 162 valence electrons. The Bertz CT molecular complexity index is 985. The Balaban J connectivity index is 1.23. The highest BCUT2D eigenvalue weighted by Crippen LogP contribution is 2.38. The van der Waals surface area contributed by atoms with Gasteiger partial charge in [-0.2, -0.15) is 0 Å². The fourth-order valence-corrected chi connectivity index (χ4v) is 5.09. The lowest BCUT2D eigenvalue weighted by molar-refractivity contribution is 0.158. The molecule has 9 heteroatoms. The predicted octanol–water partition coefficient (Wildman–Crippen LogP) is 2.79. The second kappa shape index (κ2) is 9.43. The van der Waals surface area contributed by atoms with Crippen LogP contribution in [0, 0.1) is 5.92 Å². The van der Waals surface area contributed by atoms with Crippen LogP contribution in [0.4, 0.5) is 0 Å². The summed E-state index contributed by atoms with van der Waals surface area (Å²) in [5, 5.41) is 0.404. The van der Waals surface area contributed by atoms with Gasteiger partial charge in [-0.15, -0.1) is 0 Å². The molecule has 0 spiro atoms.